The molecule has 0 atom stereocenters. The number of hydrogen-bond acceptors (Lipinski definition) is 3. The molecule has 0 radical (unpaired) electrons. The van der Waals surface area contributed by atoms with Crippen LogP contribution < -0.4 is 5.32 Å². The van der Waals surface area contributed by atoms with Gasteiger partial charge in [-0.2, -0.15) is 0 Å². The molecule has 2 rings (SSSR count). The van der Waals surface area contributed by atoms with Crippen molar-refractivity contribution in [2.45, 2.75) is 0 Å². The van der Waals surface area contributed by atoms with Crippen LogP contribution in [-0.4, -0.2) is 25.4 Å². The number of aromatic nitrogens is 4. The highest BCUT2D eigenvalue weighted by Gasteiger charge is 2.09. The number of H-pyrrole nitrogens is 1. The SMILES string of the molecule is Cn1cnc(C(=O)Nc2ncc[nH]2)c1. The third-order valence-electron chi connectivity index (χ3n) is 1.67. The van der Waals surface area contributed by atoms with Gasteiger partial charge in [0.1, 0.15) is 5.69 Å². The minimum atomic E-state index is -0.277. The molecular formula is C8H9N5O. The highest BCUT2D eigenvalue weighted by atomic mass is 16.2. The van der Waals surface area contributed by atoms with Crippen molar-refractivity contribution >= 4 is 11.9 Å². The Kier molecular flexibility index (Phi) is 2.02. The van der Waals surface area contributed by atoms with Gasteiger partial charge in [-0.1, -0.05) is 0 Å². The zero-order valence-electron chi connectivity index (χ0n) is 7.56. The number of anilines is 1. The van der Waals surface area contributed by atoms with E-state index in [0.29, 0.717) is 11.6 Å². The molecule has 2 heterocycles. The third-order valence-corrected chi connectivity index (χ3v) is 1.67. The second-order valence-electron chi connectivity index (χ2n) is 2.82. The summed E-state index contributed by atoms with van der Waals surface area (Å²) < 4.78 is 1.71. The van der Waals surface area contributed by atoms with Crippen molar-refractivity contribution in [3.05, 3.63) is 30.6 Å². The first-order chi connectivity index (χ1) is 6.75. The fraction of sp³-hybridized carbons (Fsp3) is 0.125. The van der Waals surface area contributed by atoms with E-state index >= 15 is 0 Å². The molecule has 6 heteroatoms. The van der Waals surface area contributed by atoms with E-state index in [9.17, 15) is 4.79 Å². The average molecular weight is 191 g/mol. The molecule has 0 unspecified atom stereocenters. The van der Waals surface area contributed by atoms with E-state index in [2.05, 4.69) is 20.3 Å². The molecule has 0 aliphatic heterocycles. The monoisotopic (exact) mass is 191 g/mol. The minimum Gasteiger partial charge on any atom is -0.340 e. The van der Waals surface area contributed by atoms with Crippen LogP contribution in [0.4, 0.5) is 5.95 Å². The van der Waals surface area contributed by atoms with Crippen LogP contribution in [0.15, 0.2) is 24.9 Å². The van der Waals surface area contributed by atoms with Gasteiger partial charge in [0.15, 0.2) is 0 Å². The van der Waals surface area contributed by atoms with Crippen LogP contribution in [0, 0.1) is 0 Å². The molecule has 0 saturated heterocycles. The van der Waals surface area contributed by atoms with Gasteiger partial charge in [-0.3, -0.25) is 10.1 Å². The molecule has 6 nitrogen and oxygen atoms in total. The lowest BCUT2D eigenvalue weighted by Crippen LogP contribution is -2.13. The maximum Gasteiger partial charge on any atom is 0.278 e. The zero-order chi connectivity index (χ0) is 9.97. The second-order valence-corrected chi connectivity index (χ2v) is 2.82. The van der Waals surface area contributed by atoms with Crippen molar-refractivity contribution < 1.29 is 4.79 Å². The van der Waals surface area contributed by atoms with Gasteiger partial charge in [0.2, 0.25) is 5.95 Å². The first-order valence-corrected chi connectivity index (χ1v) is 4.04. The third kappa shape index (κ3) is 1.63. The molecule has 0 spiro atoms. The number of nitrogens with one attached hydrogen (secondary N) is 2. The number of imidazole rings is 2. The molecule has 0 aromatic carbocycles. The Labute approximate surface area is 80.0 Å². The Hall–Kier alpha value is -2.11. The van der Waals surface area contributed by atoms with Crippen LogP contribution in [0.5, 0.6) is 0 Å². The maximum absolute atomic E-state index is 11.5. The van der Waals surface area contributed by atoms with Crippen LogP contribution in [0.3, 0.4) is 0 Å². The van der Waals surface area contributed by atoms with Crippen molar-refractivity contribution in [1.82, 2.24) is 19.5 Å². The van der Waals surface area contributed by atoms with Gasteiger partial charge in [-0.15, -0.1) is 0 Å². The summed E-state index contributed by atoms with van der Waals surface area (Å²) in [5.74, 6) is 0.140. The number of hydrogen-bond donors (Lipinski definition) is 2. The Morgan fingerprint density at radius 1 is 1.57 bits per heavy atom. The van der Waals surface area contributed by atoms with Gasteiger partial charge in [0.25, 0.3) is 5.91 Å². The molecule has 1 amide bonds. The molecule has 0 saturated carbocycles. The van der Waals surface area contributed by atoms with Gasteiger partial charge in [0.05, 0.1) is 6.33 Å². The Morgan fingerprint density at radius 2 is 2.43 bits per heavy atom. The van der Waals surface area contributed by atoms with Crippen molar-refractivity contribution in [3.8, 4) is 0 Å². The molecule has 2 aromatic heterocycles. The van der Waals surface area contributed by atoms with Crippen molar-refractivity contribution in [2.75, 3.05) is 5.32 Å². The number of carbonyl (C=O) groups excluding carboxylic acids is 1. The van der Waals surface area contributed by atoms with Gasteiger partial charge in [-0.25, -0.2) is 9.97 Å². The topological polar surface area (TPSA) is 75.6 Å². The predicted octanol–water partition coefficient (Wildman–Crippen LogP) is 0.395. The van der Waals surface area contributed by atoms with E-state index in [1.807, 2.05) is 0 Å². The van der Waals surface area contributed by atoms with Crippen LogP contribution >= 0.6 is 0 Å². The van der Waals surface area contributed by atoms with E-state index in [1.165, 1.54) is 0 Å². The summed E-state index contributed by atoms with van der Waals surface area (Å²) in [6.45, 7) is 0. The molecular weight excluding hydrogens is 182 g/mol. The number of amides is 1. The van der Waals surface area contributed by atoms with Crippen molar-refractivity contribution in [1.29, 1.82) is 0 Å². The largest absolute Gasteiger partial charge is 0.340 e. The molecule has 72 valence electrons. The van der Waals surface area contributed by atoms with E-state index in [1.54, 1.807) is 36.5 Å². The van der Waals surface area contributed by atoms with E-state index in [-0.39, 0.29) is 5.91 Å². The highest BCUT2D eigenvalue weighted by molar-refractivity contribution is 6.01. The quantitative estimate of drug-likeness (QED) is 0.721. The van der Waals surface area contributed by atoms with E-state index in [0.717, 1.165) is 0 Å². The van der Waals surface area contributed by atoms with Crippen LogP contribution in [0.1, 0.15) is 10.5 Å². The van der Waals surface area contributed by atoms with Crippen molar-refractivity contribution in [3.63, 3.8) is 0 Å². The lowest BCUT2D eigenvalue weighted by atomic mass is 10.4. The number of carbonyl (C=O) groups is 1. The molecule has 0 fully saturated rings. The number of nitrogens with zero attached hydrogens (tertiary/aromatic N) is 3. The lowest BCUT2D eigenvalue weighted by Gasteiger charge is -1.96. The molecule has 2 N–H and O–H groups in total. The normalized spacial score (nSPS) is 10.1. The fourth-order valence-corrected chi connectivity index (χ4v) is 1.04. The van der Waals surface area contributed by atoms with Gasteiger partial charge in [-0.05, 0) is 0 Å². The Bertz CT molecular complexity index is 430. The van der Waals surface area contributed by atoms with E-state index in [4.69, 9.17) is 0 Å². The fourth-order valence-electron chi connectivity index (χ4n) is 1.04. The number of aromatic amines is 1. The molecule has 2 aromatic rings. The average Bonchev–Trinajstić information content (AvgIpc) is 2.75. The molecule has 14 heavy (non-hydrogen) atoms. The summed E-state index contributed by atoms with van der Waals surface area (Å²) in [7, 11) is 1.80. The summed E-state index contributed by atoms with van der Waals surface area (Å²) in [5, 5.41) is 2.57. The summed E-state index contributed by atoms with van der Waals surface area (Å²) in [6, 6.07) is 0. The lowest BCUT2D eigenvalue weighted by molar-refractivity contribution is 0.102. The first kappa shape index (κ1) is 8.49. The Balaban J connectivity index is 2.10. The molecule has 0 aliphatic carbocycles. The maximum atomic E-state index is 11.5. The number of aryl methyl sites for hydroxylation is 1. The van der Waals surface area contributed by atoms with Gasteiger partial charge < -0.3 is 9.55 Å². The highest BCUT2D eigenvalue weighted by Crippen LogP contribution is 2.00. The summed E-state index contributed by atoms with van der Waals surface area (Å²) in [6.07, 6.45) is 6.40. The van der Waals surface area contributed by atoms with Gasteiger partial charge in [0, 0.05) is 25.6 Å². The summed E-state index contributed by atoms with van der Waals surface area (Å²) >= 11 is 0. The van der Waals surface area contributed by atoms with Crippen molar-refractivity contribution in [2.24, 2.45) is 7.05 Å². The molecule has 0 bridgehead atoms. The number of rotatable bonds is 2. The zero-order valence-corrected chi connectivity index (χ0v) is 7.56. The first-order valence-electron chi connectivity index (χ1n) is 4.04. The van der Waals surface area contributed by atoms with Crippen LogP contribution in [0.25, 0.3) is 0 Å². The van der Waals surface area contributed by atoms with Gasteiger partial charge >= 0.3 is 0 Å². The minimum absolute atomic E-state index is 0.277. The second kappa shape index (κ2) is 3.33. The summed E-state index contributed by atoms with van der Waals surface area (Å²) in [5.41, 5.74) is 0.365. The van der Waals surface area contributed by atoms with Crippen LogP contribution in [0.2, 0.25) is 0 Å². The predicted molar refractivity (Wildman–Crippen MR) is 49.7 cm³/mol. The Morgan fingerprint density at radius 3 is 3.00 bits per heavy atom. The molecule has 0 aliphatic rings. The van der Waals surface area contributed by atoms with E-state index < -0.39 is 0 Å². The van der Waals surface area contributed by atoms with Crippen LogP contribution in [-0.2, 0) is 7.05 Å². The standard InChI is InChI=1S/C8H9N5O/c1-13-4-6(11-5-13)7(14)12-8-9-2-3-10-8/h2-5H,1H3,(H2,9,10,12,14). The summed E-state index contributed by atoms with van der Waals surface area (Å²) in [4.78, 5) is 22.0. The smallest absolute Gasteiger partial charge is 0.278 e.